The fourth-order valence-electron chi connectivity index (χ4n) is 1.95. The van der Waals surface area contributed by atoms with E-state index in [1.165, 1.54) is 23.1 Å². The molecule has 0 unspecified atom stereocenters. The van der Waals surface area contributed by atoms with Crippen LogP contribution in [0.2, 0.25) is 5.02 Å². The summed E-state index contributed by atoms with van der Waals surface area (Å²) in [5, 5.41) is 12.1. The molecule has 25 heavy (non-hydrogen) atoms. The van der Waals surface area contributed by atoms with Crippen LogP contribution in [0.5, 0.6) is 11.5 Å². The molecule has 128 valence electrons. The molecule has 0 fully saturated rings. The van der Waals surface area contributed by atoms with E-state index in [4.69, 9.17) is 16.3 Å². The number of benzene rings is 2. The molecule has 5 nitrogen and oxygen atoms in total. The molecule has 1 N–H and O–H groups in total. The first-order valence-electron chi connectivity index (χ1n) is 7.35. The van der Waals surface area contributed by atoms with Gasteiger partial charge in [-0.1, -0.05) is 52.9 Å². The second kappa shape index (κ2) is 8.33. The van der Waals surface area contributed by atoms with Gasteiger partial charge in [-0.25, -0.2) is 0 Å². The molecule has 1 amide bonds. The molecule has 0 saturated heterocycles. The highest BCUT2D eigenvalue weighted by atomic mass is 35.5. The summed E-state index contributed by atoms with van der Waals surface area (Å²) in [5.41, 5.74) is 0.524. The van der Waals surface area contributed by atoms with Crippen LogP contribution >= 0.6 is 34.7 Å². The molecule has 2 aromatic carbocycles. The van der Waals surface area contributed by atoms with Gasteiger partial charge in [-0.05, 0) is 37.3 Å². The summed E-state index contributed by atoms with van der Waals surface area (Å²) in [6, 6.07) is 14.5. The number of carbonyl (C=O) groups excluding carboxylic acids is 1. The van der Waals surface area contributed by atoms with Gasteiger partial charge in [-0.3, -0.25) is 4.79 Å². The van der Waals surface area contributed by atoms with Crippen molar-refractivity contribution in [2.75, 3.05) is 11.1 Å². The number of amides is 1. The Labute approximate surface area is 158 Å². The van der Waals surface area contributed by atoms with Crippen LogP contribution in [-0.4, -0.2) is 21.9 Å². The number of ether oxygens (including phenoxy) is 1. The predicted molar refractivity (Wildman–Crippen MR) is 102 cm³/mol. The van der Waals surface area contributed by atoms with Gasteiger partial charge in [0.05, 0.1) is 11.4 Å². The number of aryl methyl sites for hydroxylation is 1. The Morgan fingerprint density at radius 2 is 2.04 bits per heavy atom. The van der Waals surface area contributed by atoms with Crippen LogP contribution in [0.4, 0.5) is 5.69 Å². The molecular weight excluding hydrogens is 378 g/mol. The van der Waals surface area contributed by atoms with Crippen molar-refractivity contribution in [3.8, 4) is 11.5 Å². The molecular formula is C17H14ClN3O2S2. The topological polar surface area (TPSA) is 64.1 Å². The minimum atomic E-state index is -0.168. The second-order valence-electron chi connectivity index (χ2n) is 4.98. The molecule has 0 saturated carbocycles. The molecule has 0 spiro atoms. The molecule has 1 heterocycles. The largest absolute Gasteiger partial charge is 0.455 e. The third kappa shape index (κ3) is 5.19. The van der Waals surface area contributed by atoms with E-state index < -0.39 is 0 Å². The van der Waals surface area contributed by atoms with Crippen LogP contribution in [-0.2, 0) is 4.79 Å². The lowest BCUT2D eigenvalue weighted by Gasteiger charge is -2.12. The van der Waals surface area contributed by atoms with Crippen molar-refractivity contribution >= 4 is 46.3 Å². The van der Waals surface area contributed by atoms with Crippen LogP contribution in [0, 0.1) is 6.92 Å². The number of hydrogen-bond acceptors (Lipinski definition) is 6. The quantitative estimate of drug-likeness (QED) is 0.597. The SMILES string of the molecule is Cc1nnc(SCC(=O)Nc2cc(Cl)ccc2Oc2ccccc2)s1. The Balaban J connectivity index is 1.68. The lowest BCUT2D eigenvalue weighted by atomic mass is 10.3. The molecule has 1 aromatic heterocycles. The summed E-state index contributed by atoms with van der Waals surface area (Å²) in [4.78, 5) is 12.2. The highest BCUT2D eigenvalue weighted by Crippen LogP contribution is 2.32. The van der Waals surface area contributed by atoms with Crippen molar-refractivity contribution in [2.45, 2.75) is 11.3 Å². The third-order valence-electron chi connectivity index (χ3n) is 3.02. The van der Waals surface area contributed by atoms with Gasteiger partial charge in [0.1, 0.15) is 10.8 Å². The Hall–Kier alpha value is -2.09. The van der Waals surface area contributed by atoms with Crippen LogP contribution < -0.4 is 10.1 Å². The van der Waals surface area contributed by atoms with E-state index in [0.29, 0.717) is 22.2 Å². The van der Waals surface area contributed by atoms with E-state index in [9.17, 15) is 4.79 Å². The first-order chi connectivity index (χ1) is 12.1. The number of carbonyl (C=O) groups is 1. The summed E-state index contributed by atoms with van der Waals surface area (Å²) in [6.07, 6.45) is 0. The van der Waals surface area contributed by atoms with Crippen molar-refractivity contribution in [1.29, 1.82) is 0 Å². The molecule has 0 radical (unpaired) electrons. The number of nitrogens with one attached hydrogen (secondary N) is 1. The molecule has 0 aliphatic rings. The van der Waals surface area contributed by atoms with E-state index in [1.54, 1.807) is 18.2 Å². The van der Waals surface area contributed by atoms with E-state index >= 15 is 0 Å². The molecule has 3 aromatic rings. The number of para-hydroxylation sites is 1. The summed E-state index contributed by atoms with van der Waals surface area (Å²) in [5.74, 6) is 1.27. The smallest absolute Gasteiger partial charge is 0.234 e. The Bertz CT molecular complexity index is 871. The van der Waals surface area contributed by atoms with E-state index in [0.717, 1.165) is 9.35 Å². The van der Waals surface area contributed by atoms with Crippen molar-refractivity contribution in [1.82, 2.24) is 10.2 Å². The Morgan fingerprint density at radius 1 is 1.24 bits per heavy atom. The first kappa shape index (κ1) is 17.7. The highest BCUT2D eigenvalue weighted by Gasteiger charge is 2.11. The lowest BCUT2D eigenvalue weighted by molar-refractivity contribution is -0.113. The van der Waals surface area contributed by atoms with Crippen LogP contribution in [0.25, 0.3) is 0 Å². The number of rotatable bonds is 6. The molecule has 8 heteroatoms. The zero-order valence-electron chi connectivity index (χ0n) is 13.2. The van der Waals surface area contributed by atoms with Gasteiger partial charge in [0, 0.05) is 5.02 Å². The van der Waals surface area contributed by atoms with E-state index in [1.807, 2.05) is 37.3 Å². The number of thioether (sulfide) groups is 1. The summed E-state index contributed by atoms with van der Waals surface area (Å²) in [7, 11) is 0. The van der Waals surface area contributed by atoms with Gasteiger partial charge in [0.25, 0.3) is 0 Å². The fourth-order valence-corrected chi connectivity index (χ4v) is 3.74. The highest BCUT2D eigenvalue weighted by molar-refractivity contribution is 8.01. The Kier molecular flexibility index (Phi) is 5.91. The number of anilines is 1. The van der Waals surface area contributed by atoms with Gasteiger partial charge < -0.3 is 10.1 Å². The number of halogens is 1. The van der Waals surface area contributed by atoms with Crippen molar-refractivity contribution in [3.63, 3.8) is 0 Å². The maximum Gasteiger partial charge on any atom is 0.234 e. The van der Waals surface area contributed by atoms with Crippen molar-refractivity contribution in [3.05, 3.63) is 58.6 Å². The summed E-state index contributed by atoms with van der Waals surface area (Å²) >= 11 is 8.85. The monoisotopic (exact) mass is 391 g/mol. The average molecular weight is 392 g/mol. The van der Waals surface area contributed by atoms with Crippen molar-refractivity contribution in [2.24, 2.45) is 0 Å². The third-order valence-corrected chi connectivity index (χ3v) is 5.23. The van der Waals surface area contributed by atoms with Gasteiger partial charge in [-0.2, -0.15) is 0 Å². The lowest BCUT2D eigenvalue weighted by Crippen LogP contribution is -2.14. The van der Waals surface area contributed by atoms with Crippen LogP contribution in [0.3, 0.4) is 0 Å². The summed E-state index contributed by atoms with van der Waals surface area (Å²) in [6.45, 7) is 1.88. The standard InChI is InChI=1S/C17H14ClN3O2S2/c1-11-20-21-17(25-11)24-10-16(22)19-14-9-12(18)7-8-15(14)23-13-5-3-2-4-6-13/h2-9H,10H2,1H3,(H,19,22). The Morgan fingerprint density at radius 3 is 2.76 bits per heavy atom. The minimum absolute atomic E-state index is 0.168. The average Bonchev–Trinajstić information content (AvgIpc) is 3.02. The van der Waals surface area contributed by atoms with Gasteiger partial charge in [0.2, 0.25) is 5.91 Å². The molecule has 0 atom stereocenters. The number of nitrogens with zero attached hydrogens (tertiary/aromatic N) is 2. The number of aromatic nitrogens is 2. The zero-order chi connectivity index (χ0) is 17.6. The minimum Gasteiger partial charge on any atom is -0.455 e. The van der Waals surface area contributed by atoms with Crippen molar-refractivity contribution < 1.29 is 9.53 Å². The maximum absolute atomic E-state index is 12.2. The zero-order valence-corrected chi connectivity index (χ0v) is 15.6. The molecule has 0 bridgehead atoms. The van der Waals surface area contributed by atoms with Gasteiger partial charge in [-0.15, -0.1) is 10.2 Å². The van der Waals surface area contributed by atoms with Gasteiger partial charge in [0.15, 0.2) is 10.1 Å². The second-order valence-corrected chi connectivity index (χ2v) is 7.82. The fraction of sp³-hybridized carbons (Fsp3) is 0.118. The van der Waals surface area contributed by atoms with E-state index in [2.05, 4.69) is 15.5 Å². The van der Waals surface area contributed by atoms with Crippen LogP contribution in [0.1, 0.15) is 5.01 Å². The normalized spacial score (nSPS) is 10.5. The maximum atomic E-state index is 12.2. The molecule has 0 aliphatic heterocycles. The molecule has 3 rings (SSSR count). The van der Waals surface area contributed by atoms with Crippen LogP contribution in [0.15, 0.2) is 52.9 Å². The van der Waals surface area contributed by atoms with E-state index in [-0.39, 0.29) is 11.7 Å². The first-order valence-corrected chi connectivity index (χ1v) is 9.53. The predicted octanol–water partition coefficient (Wildman–Crippen LogP) is 5.02. The summed E-state index contributed by atoms with van der Waals surface area (Å²) < 4.78 is 6.59. The number of hydrogen-bond donors (Lipinski definition) is 1. The molecule has 0 aliphatic carbocycles. The van der Waals surface area contributed by atoms with Gasteiger partial charge >= 0.3 is 0 Å².